The summed E-state index contributed by atoms with van der Waals surface area (Å²) >= 11 is 0. The van der Waals surface area contributed by atoms with E-state index >= 15 is 0 Å². The van der Waals surface area contributed by atoms with Gasteiger partial charge < -0.3 is 14.4 Å². The van der Waals surface area contributed by atoms with E-state index in [1.165, 1.54) is 44.9 Å². The van der Waals surface area contributed by atoms with Crippen LogP contribution in [0.2, 0.25) is 0 Å². The van der Waals surface area contributed by atoms with Gasteiger partial charge >= 0.3 is 11.9 Å². The van der Waals surface area contributed by atoms with Gasteiger partial charge in [-0.3, -0.25) is 14.4 Å². The first kappa shape index (κ1) is 30.9. The van der Waals surface area contributed by atoms with E-state index in [-0.39, 0.29) is 24.6 Å². The number of hydrogen-bond acceptors (Lipinski definition) is 4. The van der Waals surface area contributed by atoms with Crippen molar-refractivity contribution in [1.29, 1.82) is 0 Å². The molecule has 0 radical (unpaired) electrons. The van der Waals surface area contributed by atoms with Crippen LogP contribution in [-0.4, -0.2) is 34.0 Å². The van der Waals surface area contributed by atoms with Crippen LogP contribution in [0.5, 0.6) is 0 Å². The van der Waals surface area contributed by atoms with Gasteiger partial charge in [-0.05, 0) is 45.6 Å². The Morgan fingerprint density at radius 2 is 1.31 bits per heavy atom. The summed E-state index contributed by atoms with van der Waals surface area (Å²) in [7, 11) is 0. The van der Waals surface area contributed by atoms with E-state index in [1.807, 2.05) is 13.8 Å². The van der Waals surface area contributed by atoms with Crippen molar-refractivity contribution in [2.45, 2.75) is 137 Å². The maximum absolute atomic E-state index is 13.2. The fraction of sp³-hybridized carbons (Fsp3) is 0.759. The third-order valence-electron chi connectivity index (χ3n) is 6.83. The van der Waals surface area contributed by atoms with Crippen molar-refractivity contribution >= 4 is 17.7 Å². The second kappa shape index (κ2) is 18.2. The number of aliphatic carboxylic acids is 1. The molecular weight excluding hydrogens is 442 g/mol. The van der Waals surface area contributed by atoms with E-state index < -0.39 is 5.97 Å². The largest absolute Gasteiger partial charge is 0.481 e. The van der Waals surface area contributed by atoms with Crippen LogP contribution in [0.15, 0.2) is 0 Å². The summed E-state index contributed by atoms with van der Waals surface area (Å²) in [4.78, 5) is 36.1. The van der Waals surface area contributed by atoms with Gasteiger partial charge in [0.25, 0.3) is 0 Å². The Hall–Kier alpha value is -2.11. The van der Waals surface area contributed by atoms with Crippen LogP contribution in [0.4, 0.5) is 0 Å². The molecule has 0 aliphatic heterocycles. The highest BCUT2D eigenvalue weighted by atomic mass is 16.5. The lowest BCUT2D eigenvalue weighted by atomic mass is 9.99. The van der Waals surface area contributed by atoms with Crippen molar-refractivity contribution in [2.24, 2.45) is 0 Å². The number of carboxylic acids is 1. The minimum atomic E-state index is -0.756. The Balaban J connectivity index is 2.71. The van der Waals surface area contributed by atoms with Crippen LogP contribution in [0.25, 0.3) is 0 Å². The zero-order valence-electron chi connectivity index (χ0n) is 22.8. The predicted octanol–water partition coefficient (Wildman–Crippen LogP) is 7.35. The number of hydrogen-bond donors (Lipinski definition) is 1. The van der Waals surface area contributed by atoms with E-state index in [9.17, 15) is 14.4 Å². The molecule has 0 saturated carbocycles. The number of esters is 1. The SMILES string of the molecule is CCCCCCCCCCCC(=O)c1c(C)c(CC(=O)OCC)n(CCCCCCC(=O)O)c1C. The van der Waals surface area contributed by atoms with Crippen LogP contribution in [0.3, 0.4) is 0 Å². The lowest BCUT2D eigenvalue weighted by molar-refractivity contribution is -0.142. The molecule has 0 saturated heterocycles. The average Bonchev–Trinajstić information content (AvgIpc) is 3.03. The summed E-state index contributed by atoms with van der Waals surface area (Å²) in [6, 6.07) is 0. The van der Waals surface area contributed by atoms with Crippen molar-refractivity contribution in [3.8, 4) is 0 Å². The number of ketones is 1. The molecule has 6 nitrogen and oxygen atoms in total. The number of carbonyl (C=O) groups is 3. The van der Waals surface area contributed by atoms with Crippen molar-refractivity contribution in [2.75, 3.05) is 6.61 Å². The zero-order chi connectivity index (χ0) is 26.1. The highest BCUT2D eigenvalue weighted by Gasteiger charge is 2.23. The second-order valence-corrected chi connectivity index (χ2v) is 9.73. The molecule has 0 aliphatic carbocycles. The van der Waals surface area contributed by atoms with E-state index in [0.29, 0.717) is 19.4 Å². The highest BCUT2D eigenvalue weighted by Crippen LogP contribution is 2.26. The Morgan fingerprint density at radius 1 is 0.771 bits per heavy atom. The lowest BCUT2D eigenvalue weighted by Gasteiger charge is -2.12. The number of ether oxygens (including phenoxy) is 1. The van der Waals surface area contributed by atoms with Gasteiger partial charge in [-0.2, -0.15) is 0 Å². The summed E-state index contributed by atoms with van der Waals surface area (Å²) in [5, 5.41) is 8.80. The second-order valence-electron chi connectivity index (χ2n) is 9.73. The number of unbranched alkanes of at least 4 members (excludes halogenated alkanes) is 11. The van der Waals surface area contributed by atoms with Gasteiger partial charge in [0.2, 0.25) is 0 Å². The molecule has 1 aromatic heterocycles. The van der Waals surface area contributed by atoms with Crippen LogP contribution in [0.1, 0.15) is 137 Å². The summed E-state index contributed by atoms with van der Waals surface area (Å²) in [6.07, 6.45) is 15.3. The quantitative estimate of drug-likeness (QED) is 0.110. The van der Waals surface area contributed by atoms with Crippen molar-refractivity contribution < 1.29 is 24.2 Å². The van der Waals surface area contributed by atoms with Gasteiger partial charge in [-0.15, -0.1) is 0 Å². The Kier molecular flexibility index (Phi) is 16.1. The maximum Gasteiger partial charge on any atom is 0.311 e. The topological polar surface area (TPSA) is 85.6 Å². The van der Waals surface area contributed by atoms with Gasteiger partial charge in [-0.25, -0.2) is 0 Å². The number of nitrogens with zero attached hydrogens (tertiary/aromatic N) is 1. The van der Waals surface area contributed by atoms with Gasteiger partial charge in [-0.1, -0.05) is 71.1 Å². The minimum Gasteiger partial charge on any atom is -0.481 e. The highest BCUT2D eigenvalue weighted by molar-refractivity contribution is 5.99. The molecule has 0 aliphatic rings. The smallest absolute Gasteiger partial charge is 0.311 e. The molecule has 0 bridgehead atoms. The first-order valence-electron chi connectivity index (χ1n) is 13.9. The van der Waals surface area contributed by atoms with Crippen LogP contribution in [0, 0.1) is 13.8 Å². The standard InChI is InChI=1S/C29H49NO5/c1-5-7-8-9-10-11-12-13-16-19-26(31)29-23(3)25(22-28(34)35-6-2)30(24(29)4)21-18-15-14-17-20-27(32)33/h5-22H2,1-4H3,(H,32,33). The number of carbonyl (C=O) groups excluding carboxylic acids is 2. The molecule has 0 spiro atoms. The van der Waals surface area contributed by atoms with Crippen molar-refractivity contribution in [3.05, 3.63) is 22.5 Å². The first-order chi connectivity index (χ1) is 16.8. The molecule has 0 fully saturated rings. The Bertz CT molecular complexity index is 781. The monoisotopic (exact) mass is 491 g/mol. The van der Waals surface area contributed by atoms with Gasteiger partial charge in [0.15, 0.2) is 5.78 Å². The molecule has 35 heavy (non-hydrogen) atoms. The summed E-state index contributed by atoms with van der Waals surface area (Å²) < 4.78 is 7.30. The van der Waals surface area contributed by atoms with Crippen LogP contribution >= 0.6 is 0 Å². The molecule has 0 aromatic carbocycles. The summed E-state index contributed by atoms with van der Waals surface area (Å²) in [5.74, 6) is -0.851. The number of rotatable bonds is 21. The van der Waals surface area contributed by atoms with Crippen molar-refractivity contribution in [3.63, 3.8) is 0 Å². The molecular formula is C29H49NO5. The summed E-state index contributed by atoms with van der Waals surface area (Å²) in [6.45, 7) is 9.03. The minimum absolute atomic E-state index is 0.171. The zero-order valence-corrected chi connectivity index (χ0v) is 22.8. The third kappa shape index (κ3) is 11.9. The van der Waals surface area contributed by atoms with Crippen molar-refractivity contribution in [1.82, 2.24) is 4.57 Å². The van der Waals surface area contributed by atoms with Crippen LogP contribution < -0.4 is 0 Å². The lowest BCUT2D eigenvalue weighted by Crippen LogP contribution is -2.13. The average molecular weight is 492 g/mol. The molecule has 1 heterocycles. The molecule has 1 rings (SSSR count). The maximum atomic E-state index is 13.2. The first-order valence-corrected chi connectivity index (χ1v) is 13.9. The third-order valence-corrected chi connectivity index (χ3v) is 6.83. The molecule has 6 heteroatoms. The molecule has 0 atom stereocenters. The molecule has 0 amide bonds. The van der Waals surface area contributed by atoms with E-state index in [0.717, 1.165) is 61.2 Å². The van der Waals surface area contributed by atoms with E-state index in [1.54, 1.807) is 6.92 Å². The molecule has 1 aromatic rings. The number of aromatic nitrogens is 1. The van der Waals surface area contributed by atoms with E-state index in [2.05, 4.69) is 11.5 Å². The normalized spacial score (nSPS) is 11.1. The van der Waals surface area contributed by atoms with Gasteiger partial charge in [0.05, 0.1) is 13.0 Å². The Labute approximate surface area is 212 Å². The fourth-order valence-corrected chi connectivity index (χ4v) is 4.87. The van der Waals surface area contributed by atoms with Gasteiger partial charge in [0.1, 0.15) is 0 Å². The predicted molar refractivity (Wildman–Crippen MR) is 141 cm³/mol. The van der Waals surface area contributed by atoms with Crippen LogP contribution in [-0.2, 0) is 27.3 Å². The fourth-order valence-electron chi connectivity index (χ4n) is 4.87. The molecule has 1 N–H and O–H groups in total. The Morgan fingerprint density at radius 3 is 1.89 bits per heavy atom. The number of carboxylic acid groups (broad SMARTS) is 1. The number of Topliss-reactive ketones (excluding diaryl/α,β-unsaturated/α-hetero) is 1. The summed E-state index contributed by atoms with van der Waals surface area (Å²) in [5.41, 5.74) is 3.49. The van der Waals surface area contributed by atoms with Gasteiger partial charge in [0, 0.05) is 36.3 Å². The van der Waals surface area contributed by atoms with E-state index in [4.69, 9.17) is 9.84 Å². The molecule has 200 valence electrons. The molecule has 0 unspecified atom stereocenters.